The van der Waals surface area contributed by atoms with Crippen LogP contribution in [0.1, 0.15) is 35.4 Å². The number of carbonyl (C=O) groups is 1. The first-order chi connectivity index (χ1) is 11.4. The summed E-state index contributed by atoms with van der Waals surface area (Å²) in [6, 6.07) is 9.20. The molecule has 1 aromatic carbocycles. The Kier molecular flexibility index (Phi) is 3.78. The van der Waals surface area contributed by atoms with E-state index in [2.05, 4.69) is 4.98 Å². The van der Waals surface area contributed by atoms with Gasteiger partial charge in [-0.05, 0) is 36.2 Å². The highest BCUT2D eigenvalue weighted by Gasteiger charge is 2.54. The van der Waals surface area contributed by atoms with Crippen LogP contribution in [0.4, 0.5) is 14.5 Å². The van der Waals surface area contributed by atoms with Gasteiger partial charge in [-0.1, -0.05) is 12.1 Å². The van der Waals surface area contributed by atoms with Gasteiger partial charge in [-0.25, -0.2) is 4.98 Å². The minimum Gasteiger partial charge on any atom is -0.389 e. The van der Waals surface area contributed by atoms with Crippen LogP contribution in [-0.4, -0.2) is 16.0 Å². The third-order valence-electron chi connectivity index (χ3n) is 3.92. The first kappa shape index (κ1) is 16.0. The molecule has 1 aliphatic heterocycles. The SMILES string of the molecule is CC(O)c1cccc2c1C(F)(F)C(=O)N2Cc1ccnc(C#N)c1. The fraction of sp³-hybridized carbons (Fsp3) is 0.235. The minimum absolute atomic E-state index is 0.0285. The molecule has 0 aliphatic carbocycles. The predicted molar refractivity (Wildman–Crippen MR) is 81.1 cm³/mol. The van der Waals surface area contributed by atoms with Gasteiger partial charge in [-0.15, -0.1) is 0 Å². The van der Waals surface area contributed by atoms with Crippen molar-refractivity contribution in [1.29, 1.82) is 5.26 Å². The highest BCUT2D eigenvalue weighted by atomic mass is 19.3. The summed E-state index contributed by atoms with van der Waals surface area (Å²) in [7, 11) is 0. The molecule has 1 aromatic heterocycles. The second kappa shape index (κ2) is 5.65. The zero-order valence-electron chi connectivity index (χ0n) is 12.7. The molecular formula is C17H13F2N3O2. The van der Waals surface area contributed by atoms with E-state index >= 15 is 0 Å². The molecule has 0 spiro atoms. The molecule has 1 N–H and O–H groups in total. The molecular weight excluding hydrogens is 316 g/mol. The number of amides is 1. The fourth-order valence-corrected chi connectivity index (χ4v) is 2.83. The molecule has 2 aromatic rings. The van der Waals surface area contributed by atoms with Crippen LogP contribution in [0.25, 0.3) is 0 Å². The zero-order chi connectivity index (χ0) is 17.5. The van der Waals surface area contributed by atoms with Gasteiger partial charge in [0.25, 0.3) is 0 Å². The second-order valence-electron chi connectivity index (χ2n) is 5.54. The summed E-state index contributed by atoms with van der Waals surface area (Å²) >= 11 is 0. The Morgan fingerprint density at radius 2 is 2.17 bits per heavy atom. The van der Waals surface area contributed by atoms with Crippen molar-refractivity contribution in [3.05, 3.63) is 58.9 Å². The van der Waals surface area contributed by atoms with E-state index < -0.39 is 23.5 Å². The number of fused-ring (bicyclic) bond motifs is 1. The molecule has 0 saturated carbocycles. The van der Waals surface area contributed by atoms with Gasteiger partial charge in [-0.2, -0.15) is 14.0 Å². The predicted octanol–water partition coefficient (Wildman–Crippen LogP) is 2.65. The lowest BCUT2D eigenvalue weighted by Crippen LogP contribution is -2.34. The number of benzene rings is 1. The Balaban J connectivity index is 2.07. The van der Waals surface area contributed by atoms with Crippen molar-refractivity contribution in [3.63, 3.8) is 0 Å². The number of halogens is 2. The lowest BCUT2D eigenvalue weighted by Gasteiger charge is -2.17. The van der Waals surface area contributed by atoms with Crippen LogP contribution in [0.15, 0.2) is 36.5 Å². The lowest BCUT2D eigenvalue weighted by atomic mass is 9.98. The number of alkyl halides is 2. The first-order valence-electron chi connectivity index (χ1n) is 7.22. The van der Waals surface area contributed by atoms with Crippen molar-refractivity contribution in [2.24, 2.45) is 0 Å². The highest BCUT2D eigenvalue weighted by molar-refractivity contribution is 6.06. The summed E-state index contributed by atoms with van der Waals surface area (Å²) in [5, 5.41) is 18.6. The Morgan fingerprint density at radius 3 is 2.83 bits per heavy atom. The van der Waals surface area contributed by atoms with E-state index in [0.717, 1.165) is 4.90 Å². The molecule has 2 heterocycles. The van der Waals surface area contributed by atoms with E-state index in [4.69, 9.17) is 5.26 Å². The molecule has 3 rings (SSSR count). The smallest absolute Gasteiger partial charge is 0.352 e. The van der Waals surface area contributed by atoms with E-state index in [-0.39, 0.29) is 23.5 Å². The van der Waals surface area contributed by atoms with Crippen LogP contribution in [0.5, 0.6) is 0 Å². The number of aromatic nitrogens is 1. The molecule has 24 heavy (non-hydrogen) atoms. The van der Waals surface area contributed by atoms with Crippen LogP contribution in [0.2, 0.25) is 0 Å². The highest BCUT2D eigenvalue weighted by Crippen LogP contribution is 2.47. The number of hydrogen-bond acceptors (Lipinski definition) is 4. The van der Waals surface area contributed by atoms with E-state index in [1.807, 2.05) is 6.07 Å². The Hall–Kier alpha value is -2.85. The monoisotopic (exact) mass is 329 g/mol. The average molecular weight is 329 g/mol. The topological polar surface area (TPSA) is 77.2 Å². The third-order valence-corrected chi connectivity index (χ3v) is 3.92. The molecule has 0 bridgehead atoms. The molecule has 7 heteroatoms. The van der Waals surface area contributed by atoms with E-state index in [9.17, 15) is 18.7 Å². The molecule has 0 radical (unpaired) electrons. The quantitative estimate of drug-likeness (QED) is 0.939. The molecule has 1 aliphatic rings. The molecule has 1 unspecified atom stereocenters. The number of anilines is 1. The van der Waals surface area contributed by atoms with Crippen LogP contribution in [-0.2, 0) is 17.3 Å². The van der Waals surface area contributed by atoms with Crippen molar-refractivity contribution in [3.8, 4) is 6.07 Å². The number of rotatable bonds is 3. The van der Waals surface area contributed by atoms with Gasteiger partial charge < -0.3 is 10.0 Å². The maximum absolute atomic E-state index is 14.5. The molecule has 1 atom stereocenters. The van der Waals surface area contributed by atoms with E-state index in [1.165, 1.54) is 37.4 Å². The maximum Gasteiger partial charge on any atom is 0.352 e. The van der Waals surface area contributed by atoms with Gasteiger partial charge in [0, 0.05) is 6.20 Å². The van der Waals surface area contributed by atoms with Crippen molar-refractivity contribution in [2.75, 3.05) is 4.90 Å². The Labute approximate surface area is 136 Å². The van der Waals surface area contributed by atoms with Gasteiger partial charge in [-0.3, -0.25) is 4.79 Å². The summed E-state index contributed by atoms with van der Waals surface area (Å²) in [5.74, 6) is -5.05. The number of carbonyl (C=O) groups excluding carboxylic acids is 1. The first-order valence-corrected chi connectivity index (χ1v) is 7.22. The van der Waals surface area contributed by atoms with Gasteiger partial charge in [0.1, 0.15) is 11.8 Å². The van der Waals surface area contributed by atoms with Crippen molar-refractivity contribution < 1.29 is 18.7 Å². The van der Waals surface area contributed by atoms with Crippen molar-refractivity contribution in [2.45, 2.75) is 25.5 Å². The van der Waals surface area contributed by atoms with Crippen LogP contribution < -0.4 is 4.90 Å². The second-order valence-corrected chi connectivity index (χ2v) is 5.54. The van der Waals surface area contributed by atoms with Gasteiger partial charge in [0.15, 0.2) is 0 Å². The van der Waals surface area contributed by atoms with Gasteiger partial charge in [0.2, 0.25) is 0 Å². The fourth-order valence-electron chi connectivity index (χ4n) is 2.83. The number of aliphatic hydroxyl groups excluding tert-OH is 1. The van der Waals surface area contributed by atoms with E-state index in [1.54, 1.807) is 6.07 Å². The van der Waals surface area contributed by atoms with E-state index in [0.29, 0.717) is 5.56 Å². The summed E-state index contributed by atoms with van der Waals surface area (Å²) in [6.45, 7) is 1.27. The molecule has 122 valence electrons. The lowest BCUT2D eigenvalue weighted by molar-refractivity contribution is -0.141. The molecule has 0 fully saturated rings. The number of hydrogen-bond donors (Lipinski definition) is 1. The normalized spacial score (nSPS) is 16.6. The Morgan fingerprint density at radius 1 is 1.42 bits per heavy atom. The summed E-state index contributed by atoms with van der Waals surface area (Å²) in [6.07, 6.45) is 0.268. The number of nitriles is 1. The summed E-state index contributed by atoms with van der Waals surface area (Å²) in [5.41, 5.74) is 0.295. The minimum atomic E-state index is -3.70. The van der Waals surface area contributed by atoms with Crippen LogP contribution in [0, 0.1) is 11.3 Å². The number of nitrogens with zero attached hydrogens (tertiary/aromatic N) is 3. The molecule has 0 saturated heterocycles. The summed E-state index contributed by atoms with van der Waals surface area (Å²) < 4.78 is 29.0. The molecule has 5 nitrogen and oxygen atoms in total. The largest absolute Gasteiger partial charge is 0.389 e. The Bertz CT molecular complexity index is 859. The van der Waals surface area contributed by atoms with Crippen LogP contribution in [0.3, 0.4) is 0 Å². The number of aliphatic hydroxyl groups is 1. The van der Waals surface area contributed by atoms with Crippen molar-refractivity contribution in [1.82, 2.24) is 4.98 Å². The summed E-state index contributed by atoms with van der Waals surface area (Å²) in [4.78, 5) is 17.0. The zero-order valence-corrected chi connectivity index (χ0v) is 12.7. The average Bonchev–Trinajstić information content (AvgIpc) is 2.76. The van der Waals surface area contributed by atoms with Gasteiger partial charge in [0.05, 0.1) is 23.9 Å². The number of pyridine rings is 1. The van der Waals surface area contributed by atoms with Crippen molar-refractivity contribution >= 4 is 11.6 Å². The van der Waals surface area contributed by atoms with Gasteiger partial charge >= 0.3 is 11.8 Å². The third kappa shape index (κ3) is 2.41. The standard InChI is InChI=1S/C17H13F2N3O2/c1-10(23)13-3-2-4-14-15(13)17(18,19)16(24)22(14)9-11-5-6-21-12(7-11)8-20/h2-7,10,23H,9H2,1H3. The maximum atomic E-state index is 14.5. The molecule has 1 amide bonds. The van der Waals surface area contributed by atoms with Crippen LogP contribution >= 0.6 is 0 Å².